The predicted molar refractivity (Wildman–Crippen MR) is 65.3 cm³/mol. The third-order valence-electron chi connectivity index (χ3n) is 1.70. The van der Waals surface area contributed by atoms with Gasteiger partial charge in [0.25, 0.3) is 0 Å². The Bertz CT molecular complexity index is 339. The molecule has 0 spiro atoms. The van der Waals surface area contributed by atoms with E-state index in [1.165, 1.54) is 5.56 Å². The molecule has 0 heterocycles. The summed E-state index contributed by atoms with van der Waals surface area (Å²) in [4.78, 5) is 8.01. The van der Waals surface area contributed by atoms with Gasteiger partial charge in [-0.05, 0) is 11.6 Å². The van der Waals surface area contributed by atoms with Gasteiger partial charge in [0.2, 0.25) is 0 Å². The summed E-state index contributed by atoms with van der Waals surface area (Å²) in [5.74, 6) is 0. The molecule has 0 unspecified atom stereocenters. The molecule has 0 radical (unpaired) electrons. The smallest absolute Gasteiger partial charge is 0.0859 e. The van der Waals surface area contributed by atoms with Crippen LogP contribution in [0.3, 0.4) is 0 Å². The van der Waals surface area contributed by atoms with Gasteiger partial charge in [-0.15, -0.1) is 0 Å². The first-order chi connectivity index (χ1) is 7.43. The summed E-state index contributed by atoms with van der Waals surface area (Å²) in [6, 6.07) is 10.1. The van der Waals surface area contributed by atoms with Gasteiger partial charge in [-0.1, -0.05) is 30.3 Å². The van der Waals surface area contributed by atoms with Gasteiger partial charge in [-0.3, -0.25) is 9.98 Å². The van der Waals surface area contributed by atoms with E-state index in [4.69, 9.17) is 0 Å². The largest absolute Gasteiger partial charge is 0.353 e. The zero-order valence-electron chi connectivity index (χ0n) is 8.80. The highest BCUT2D eigenvalue weighted by Gasteiger charge is 1.84. The lowest BCUT2D eigenvalue weighted by atomic mass is 10.2. The molecule has 0 saturated carbocycles. The Morgan fingerprint density at radius 2 is 2.07 bits per heavy atom. The Morgan fingerprint density at radius 3 is 2.80 bits per heavy atom. The van der Waals surface area contributed by atoms with Crippen LogP contribution < -0.4 is 5.32 Å². The summed E-state index contributed by atoms with van der Waals surface area (Å²) < 4.78 is 0. The Hall–Kier alpha value is -1.90. The van der Waals surface area contributed by atoms with Gasteiger partial charge in [-0.2, -0.15) is 0 Å². The van der Waals surface area contributed by atoms with Gasteiger partial charge in [0.1, 0.15) is 0 Å². The topological polar surface area (TPSA) is 36.8 Å². The van der Waals surface area contributed by atoms with E-state index in [0.29, 0.717) is 6.54 Å². The van der Waals surface area contributed by atoms with E-state index < -0.39 is 0 Å². The van der Waals surface area contributed by atoms with Crippen molar-refractivity contribution < 1.29 is 0 Å². The molecule has 3 heteroatoms. The number of nitrogens with zero attached hydrogens (tertiary/aromatic N) is 2. The summed E-state index contributed by atoms with van der Waals surface area (Å²) in [6.45, 7) is 0.715. The van der Waals surface area contributed by atoms with E-state index in [2.05, 4.69) is 27.4 Å². The highest BCUT2D eigenvalue weighted by Crippen LogP contribution is 1.98. The summed E-state index contributed by atoms with van der Waals surface area (Å²) in [7, 11) is 1.71. The van der Waals surface area contributed by atoms with Crippen molar-refractivity contribution in [3.8, 4) is 0 Å². The minimum Gasteiger partial charge on any atom is -0.353 e. The van der Waals surface area contributed by atoms with Crippen molar-refractivity contribution >= 4 is 12.6 Å². The van der Waals surface area contributed by atoms with Crippen LogP contribution in [0.1, 0.15) is 5.56 Å². The Kier molecular flexibility index (Phi) is 5.59. The van der Waals surface area contributed by atoms with Crippen molar-refractivity contribution in [2.75, 3.05) is 7.05 Å². The lowest BCUT2D eigenvalue weighted by Crippen LogP contribution is -1.99. The number of benzene rings is 1. The minimum atomic E-state index is 0.715. The van der Waals surface area contributed by atoms with Gasteiger partial charge < -0.3 is 5.32 Å². The van der Waals surface area contributed by atoms with Crippen LogP contribution >= 0.6 is 0 Å². The van der Waals surface area contributed by atoms with Crippen molar-refractivity contribution in [2.45, 2.75) is 6.54 Å². The molecule has 0 aliphatic heterocycles. The molecule has 78 valence electrons. The molecule has 15 heavy (non-hydrogen) atoms. The highest BCUT2D eigenvalue weighted by atomic mass is 14.9. The third-order valence-corrected chi connectivity index (χ3v) is 1.70. The second kappa shape index (κ2) is 7.50. The molecule has 1 aromatic carbocycles. The van der Waals surface area contributed by atoms with Crippen LogP contribution in [0.25, 0.3) is 0 Å². The molecule has 3 nitrogen and oxygen atoms in total. The summed E-state index contributed by atoms with van der Waals surface area (Å²) in [5, 5.41) is 2.87. The second-order valence-electron chi connectivity index (χ2n) is 2.89. The fourth-order valence-corrected chi connectivity index (χ4v) is 1.02. The van der Waals surface area contributed by atoms with Crippen molar-refractivity contribution in [3.05, 3.63) is 48.2 Å². The molecule has 0 bridgehead atoms. The molecule has 1 N–H and O–H groups in total. The number of hydrogen-bond acceptors (Lipinski definition) is 2. The first-order valence-electron chi connectivity index (χ1n) is 4.79. The van der Waals surface area contributed by atoms with Crippen molar-refractivity contribution in [3.63, 3.8) is 0 Å². The Morgan fingerprint density at radius 1 is 1.27 bits per heavy atom. The SMILES string of the molecule is CN=CN/C=C\C=NCc1ccccc1. The number of nitrogens with one attached hydrogen (secondary N) is 1. The molecule has 0 aliphatic rings. The van der Waals surface area contributed by atoms with Crippen LogP contribution in [-0.4, -0.2) is 19.6 Å². The molecule has 0 saturated heterocycles. The molecule has 0 atom stereocenters. The summed E-state index contributed by atoms with van der Waals surface area (Å²) >= 11 is 0. The van der Waals surface area contributed by atoms with E-state index in [1.54, 1.807) is 25.8 Å². The molecule has 1 aromatic rings. The maximum absolute atomic E-state index is 4.24. The molecular formula is C12H15N3. The Labute approximate surface area is 90.3 Å². The number of allylic oxidation sites excluding steroid dienone is 1. The monoisotopic (exact) mass is 201 g/mol. The molecule has 0 aromatic heterocycles. The quantitative estimate of drug-likeness (QED) is 0.574. The van der Waals surface area contributed by atoms with Gasteiger partial charge in [0.05, 0.1) is 12.9 Å². The molecule has 0 amide bonds. The fraction of sp³-hybridized carbons (Fsp3) is 0.167. The van der Waals surface area contributed by atoms with Gasteiger partial charge >= 0.3 is 0 Å². The number of hydrogen-bond donors (Lipinski definition) is 1. The zero-order valence-corrected chi connectivity index (χ0v) is 8.80. The van der Waals surface area contributed by atoms with Crippen LogP contribution in [0.2, 0.25) is 0 Å². The van der Waals surface area contributed by atoms with Crippen LogP contribution in [0.4, 0.5) is 0 Å². The minimum absolute atomic E-state index is 0.715. The van der Waals surface area contributed by atoms with E-state index in [1.807, 2.05) is 24.3 Å². The number of aliphatic imine (C=N–C) groups is 2. The lowest BCUT2D eigenvalue weighted by Gasteiger charge is -1.92. The number of rotatable bonds is 5. The zero-order chi connectivity index (χ0) is 10.8. The van der Waals surface area contributed by atoms with Crippen molar-refractivity contribution in [1.82, 2.24) is 5.32 Å². The van der Waals surface area contributed by atoms with Crippen molar-refractivity contribution in [2.24, 2.45) is 9.98 Å². The van der Waals surface area contributed by atoms with Crippen LogP contribution in [0, 0.1) is 0 Å². The van der Waals surface area contributed by atoms with E-state index in [9.17, 15) is 0 Å². The van der Waals surface area contributed by atoms with Crippen LogP contribution in [0.15, 0.2) is 52.6 Å². The first kappa shape index (κ1) is 11.2. The first-order valence-corrected chi connectivity index (χ1v) is 4.79. The van der Waals surface area contributed by atoms with Gasteiger partial charge in [0.15, 0.2) is 0 Å². The molecule has 0 fully saturated rings. The lowest BCUT2D eigenvalue weighted by molar-refractivity contribution is 1.08. The highest BCUT2D eigenvalue weighted by molar-refractivity contribution is 5.71. The summed E-state index contributed by atoms with van der Waals surface area (Å²) in [5.41, 5.74) is 1.21. The summed E-state index contributed by atoms with van der Waals surface area (Å²) in [6.07, 6.45) is 7.00. The standard InChI is InChI=1S/C12H15N3/c1-13-11-15-9-5-8-14-10-12-6-3-2-4-7-12/h2-9,11H,10H2,1H3,(H,13,15)/b9-5-,14-8?. The fourth-order valence-electron chi connectivity index (χ4n) is 1.02. The molecule has 0 aliphatic carbocycles. The predicted octanol–water partition coefficient (Wildman–Crippen LogP) is 2.02. The average Bonchev–Trinajstić information content (AvgIpc) is 2.29. The van der Waals surface area contributed by atoms with E-state index >= 15 is 0 Å². The van der Waals surface area contributed by atoms with Crippen LogP contribution in [0.5, 0.6) is 0 Å². The Balaban J connectivity index is 2.25. The third kappa shape index (κ3) is 5.41. The molecular weight excluding hydrogens is 186 g/mol. The maximum atomic E-state index is 4.24. The maximum Gasteiger partial charge on any atom is 0.0859 e. The molecule has 1 rings (SSSR count). The van der Waals surface area contributed by atoms with E-state index in [0.717, 1.165) is 0 Å². The van der Waals surface area contributed by atoms with Crippen molar-refractivity contribution in [1.29, 1.82) is 0 Å². The van der Waals surface area contributed by atoms with Gasteiger partial charge in [0, 0.05) is 19.5 Å². The van der Waals surface area contributed by atoms with Crippen LogP contribution in [-0.2, 0) is 6.54 Å². The van der Waals surface area contributed by atoms with E-state index in [-0.39, 0.29) is 0 Å². The average molecular weight is 201 g/mol. The van der Waals surface area contributed by atoms with Gasteiger partial charge in [-0.25, -0.2) is 0 Å². The normalized spacial score (nSPS) is 11.8. The second-order valence-corrected chi connectivity index (χ2v) is 2.89.